The van der Waals surface area contributed by atoms with Crippen LogP contribution in [0.5, 0.6) is 0 Å². The van der Waals surface area contributed by atoms with Gasteiger partial charge in [-0.25, -0.2) is 9.97 Å². The smallest absolute Gasteiger partial charge is 0.353 e. The van der Waals surface area contributed by atoms with Crippen molar-refractivity contribution in [3.05, 3.63) is 16.4 Å². The molecule has 9 heteroatoms. The summed E-state index contributed by atoms with van der Waals surface area (Å²) < 4.78 is 11.0. The minimum absolute atomic E-state index is 0.0674. The van der Waals surface area contributed by atoms with Crippen molar-refractivity contribution in [3.8, 4) is 0 Å². The molecule has 1 rings (SSSR count). The van der Waals surface area contributed by atoms with Crippen LogP contribution in [0.1, 0.15) is 13.3 Å². The lowest BCUT2D eigenvalue weighted by Crippen LogP contribution is -2.20. The molecule has 0 saturated carbocycles. The number of hydrogen-bond donors (Lipinski definition) is 2. The second-order valence-corrected chi connectivity index (χ2v) is 5.59. The van der Waals surface area contributed by atoms with Gasteiger partial charge in [-0.15, -0.1) is 0 Å². The molecule has 0 aliphatic heterocycles. The highest BCUT2D eigenvalue weighted by atomic mass is 32.2. The zero-order valence-electron chi connectivity index (χ0n) is 11.0. The average molecular weight is 287 g/mol. The lowest BCUT2D eigenvalue weighted by atomic mass is 10.2. The number of hydrogen-bond acceptors (Lipinski definition) is 7. The molecule has 0 aromatic carbocycles. The molecule has 1 heterocycles. The van der Waals surface area contributed by atoms with E-state index in [9.17, 15) is 14.3 Å². The molecule has 2 atom stereocenters. The van der Waals surface area contributed by atoms with Crippen molar-refractivity contribution < 1.29 is 9.13 Å². The van der Waals surface area contributed by atoms with E-state index in [1.165, 1.54) is 6.33 Å². The second-order valence-electron chi connectivity index (χ2n) is 4.04. The van der Waals surface area contributed by atoms with Crippen molar-refractivity contribution >= 4 is 28.1 Å². The lowest BCUT2D eigenvalue weighted by Gasteiger charge is -2.14. The van der Waals surface area contributed by atoms with Crippen LogP contribution >= 0.6 is 0 Å². The largest absolute Gasteiger partial charge is 0.367 e. The normalized spacial score (nSPS) is 13.6. The quantitative estimate of drug-likeness (QED) is 0.568. The van der Waals surface area contributed by atoms with Crippen LogP contribution in [0.15, 0.2) is 6.33 Å². The molecule has 0 spiro atoms. The Balaban J connectivity index is 2.88. The summed E-state index contributed by atoms with van der Waals surface area (Å²) >= 11 is 0. The van der Waals surface area contributed by atoms with Crippen LogP contribution in [-0.4, -0.2) is 44.2 Å². The van der Waals surface area contributed by atoms with Crippen molar-refractivity contribution in [2.75, 3.05) is 29.7 Å². The number of nitrogens with one attached hydrogen (secondary N) is 2. The molecule has 2 N–H and O–H groups in total. The van der Waals surface area contributed by atoms with Crippen LogP contribution in [-0.2, 0) is 10.8 Å². The van der Waals surface area contributed by atoms with Crippen LogP contribution < -0.4 is 10.6 Å². The number of nitrogens with zero attached hydrogens (tertiary/aromatic N) is 3. The maximum atomic E-state index is 11.0. The summed E-state index contributed by atoms with van der Waals surface area (Å²) in [6.07, 6.45) is 3.52. The Morgan fingerprint density at radius 3 is 2.63 bits per heavy atom. The summed E-state index contributed by atoms with van der Waals surface area (Å²) in [5, 5.41) is 16.7. The van der Waals surface area contributed by atoms with E-state index in [1.807, 2.05) is 6.92 Å². The summed E-state index contributed by atoms with van der Waals surface area (Å²) in [5.74, 6) is 0.860. The highest BCUT2D eigenvalue weighted by Crippen LogP contribution is 2.28. The van der Waals surface area contributed by atoms with Crippen LogP contribution in [0.25, 0.3) is 0 Å². The van der Waals surface area contributed by atoms with Crippen molar-refractivity contribution in [2.24, 2.45) is 0 Å². The summed E-state index contributed by atoms with van der Waals surface area (Å²) in [7, 11) is 0.675. The molecule has 2 unspecified atom stereocenters. The lowest BCUT2D eigenvalue weighted by molar-refractivity contribution is -0.383. The highest BCUT2D eigenvalue weighted by Gasteiger charge is 2.23. The molecule has 0 aliphatic carbocycles. The molecular weight excluding hydrogens is 270 g/mol. The maximum Gasteiger partial charge on any atom is 0.353 e. The predicted octanol–water partition coefficient (Wildman–Crippen LogP) is 0.996. The van der Waals surface area contributed by atoms with Gasteiger partial charge < -0.3 is 10.6 Å². The number of anilines is 2. The summed E-state index contributed by atoms with van der Waals surface area (Å²) in [6.45, 7) is 1.86. The fourth-order valence-corrected chi connectivity index (χ4v) is 2.17. The standard InChI is InChI=1S/C10H17N5O3S/c1-7(4-5-19(3)18)14-10-8(15(16)17)9(11-2)12-6-13-10/h6-7H,4-5H2,1-3H3,(H2,11,12,13,14). The second kappa shape index (κ2) is 6.98. The molecule has 1 aromatic heterocycles. The molecule has 19 heavy (non-hydrogen) atoms. The maximum absolute atomic E-state index is 11.0. The van der Waals surface area contributed by atoms with E-state index in [0.29, 0.717) is 12.2 Å². The number of aromatic nitrogens is 2. The van der Waals surface area contributed by atoms with Crippen molar-refractivity contribution in [1.82, 2.24) is 9.97 Å². The molecular formula is C10H17N5O3S. The van der Waals surface area contributed by atoms with E-state index in [0.717, 1.165) is 0 Å². The third-order valence-corrected chi connectivity index (χ3v) is 3.27. The van der Waals surface area contributed by atoms with Gasteiger partial charge in [0.05, 0.1) is 4.92 Å². The first kappa shape index (κ1) is 15.3. The predicted molar refractivity (Wildman–Crippen MR) is 74.9 cm³/mol. The molecule has 106 valence electrons. The molecule has 0 radical (unpaired) electrons. The van der Waals surface area contributed by atoms with Gasteiger partial charge in [-0.05, 0) is 13.3 Å². The topological polar surface area (TPSA) is 110 Å². The molecule has 0 saturated heterocycles. The van der Waals surface area contributed by atoms with Gasteiger partial charge in [0.1, 0.15) is 6.33 Å². The van der Waals surface area contributed by atoms with E-state index < -0.39 is 15.7 Å². The Kier molecular flexibility index (Phi) is 5.61. The highest BCUT2D eigenvalue weighted by molar-refractivity contribution is 7.84. The van der Waals surface area contributed by atoms with Crippen LogP contribution in [0.3, 0.4) is 0 Å². The van der Waals surface area contributed by atoms with E-state index in [2.05, 4.69) is 20.6 Å². The fraction of sp³-hybridized carbons (Fsp3) is 0.600. The van der Waals surface area contributed by atoms with Gasteiger partial charge in [0, 0.05) is 35.9 Å². The monoisotopic (exact) mass is 287 g/mol. The van der Waals surface area contributed by atoms with Gasteiger partial charge >= 0.3 is 5.69 Å². The SMILES string of the molecule is CNc1ncnc(NC(C)CCS(C)=O)c1[N+](=O)[O-]. The Morgan fingerprint density at radius 1 is 1.47 bits per heavy atom. The van der Waals surface area contributed by atoms with Gasteiger partial charge in [0.25, 0.3) is 0 Å². The van der Waals surface area contributed by atoms with Crippen molar-refractivity contribution in [1.29, 1.82) is 0 Å². The first-order valence-electron chi connectivity index (χ1n) is 5.69. The minimum atomic E-state index is -0.883. The van der Waals surface area contributed by atoms with Crippen molar-refractivity contribution in [3.63, 3.8) is 0 Å². The Morgan fingerprint density at radius 2 is 2.11 bits per heavy atom. The molecule has 8 nitrogen and oxygen atoms in total. The van der Waals surface area contributed by atoms with Gasteiger partial charge in [0.15, 0.2) is 0 Å². The average Bonchev–Trinajstić information content (AvgIpc) is 2.35. The first-order valence-corrected chi connectivity index (χ1v) is 7.42. The molecule has 0 fully saturated rings. The number of nitro groups is 1. The zero-order valence-corrected chi connectivity index (χ0v) is 11.9. The zero-order chi connectivity index (χ0) is 14.4. The third-order valence-electron chi connectivity index (χ3n) is 2.46. The van der Waals surface area contributed by atoms with Crippen LogP contribution in [0.2, 0.25) is 0 Å². The molecule has 0 amide bonds. The third kappa shape index (κ3) is 4.43. The van der Waals surface area contributed by atoms with E-state index in [4.69, 9.17) is 0 Å². The van der Waals surface area contributed by atoms with Crippen LogP contribution in [0, 0.1) is 10.1 Å². The summed E-state index contributed by atoms with van der Waals surface area (Å²) in [4.78, 5) is 18.2. The summed E-state index contributed by atoms with van der Waals surface area (Å²) in [5.41, 5.74) is -0.186. The van der Waals surface area contributed by atoms with Gasteiger partial charge in [-0.1, -0.05) is 0 Å². The number of rotatable bonds is 7. The van der Waals surface area contributed by atoms with E-state index in [-0.39, 0.29) is 23.4 Å². The molecule has 1 aromatic rings. The molecule has 0 aliphatic rings. The summed E-state index contributed by atoms with van der Waals surface area (Å²) in [6, 6.07) is -0.0674. The Hall–Kier alpha value is -1.77. The fourth-order valence-electron chi connectivity index (χ4n) is 1.49. The van der Waals surface area contributed by atoms with E-state index in [1.54, 1.807) is 13.3 Å². The minimum Gasteiger partial charge on any atom is -0.367 e. The van der Waals surface area contributed by atoms with Gasteiger partial charge in [-0.3, -0.25) is 14.3 Å². The Bertz CT molecular complexity index is 482. The van der Waals surface area contributed by atoms with Crippen molar-refractivity contribution in [2.45, 2.75) is 19.4 Å². The Labute approximate surface area is 113 Å². The van der Waals surface area contributed by atoms with Crippen LogP contribution in [0.4, 0.5) is 17.3 Å². The molecule has 0 bridgehead atoms. The first-order chi connectivity index (χ1) is 8.95. The van der Waals surface area contributed by atoms with Gasteiger partial charge in [0.2, 0.25) is 11.6 Å². The van der Waals surface area contributed by atoms with E-state index >= 15 is 0 Å². The van der Waals surface area contributed by atoms with Gasteiger partial charge in [-0.2, -0.15) is 0 Å².